The van der Waals surface area contributed by atoms with Crippen LogP contribution in [0.4, 0.5) is 4.39 Å². The fourth-order valence-corrected chi connectivity index (χ4v) is 3.31. The van der Waals surface area contributed by atoms with E-state index >= 15 is 0 Å². The van der Waals surface area contributed by atoms with Gasteiger partial charge in [0, 0.05) is 31.2 Å². The lowest BCUT2D eigenvalue weighted by Crippen LogP contribution is -2.59. The molecule has 1 aromatic rings. The second kappa shape index (κ2) is 7.07. The van der Waals surface area contributed by atoms with Crippen molar-refractivity contribution in [1.82, 2.24) is 10.2 Å². The lowest BCUT2D eigenvalue weighted by Gasteiger charge is -2.40. The molecule has 132 valence electrons. The summed E-state index contributed by atoms with van der Waals surface area (Å²) in [5.74, 6) is -0.133. The van der Waals surface area contributed by atoms with E-state index in [0.29, 0.717) is 36.7 Å². The molecule has 2 aliphatic rings. The van der Waals surface area contributed by atoms with E-state index in [4.69, 9.17) is 4.74 Å². The summed E-state index contributed by atoms with van der Waals surface area (Å²) < 4.78 is 19.1. The van der Waals surface area contributed by atoms with Gasteiger partial charge in [-0.2, -0.15) is 0 Å². The van der Waals surface area contributed by atoms with E-state index in [-0.39, 0.29) is 24.8 Å². The molecule has 2 N–H and O–H groups in total. The van der Waals surface area contributed by atoms with Gasteiger partial charge in [0.2, 0.25) is 0 Å². The van der Waals surface area contributed by atoms with Crippen molar-refractivity contribution >= 4 is 5.91 Å². The molecule has 0 bridgehead atoms. The summed E-state index contributed by atoms with van der Waals surface area (Å²) in [6.45, 7) is 0.947. The zero-order chi connectivity index (χ0) is 17.2. The number of nitrogens with zero attached hydrogens (tertiary/aromatic N) is 1. The first-order valence-corrected chi connectivity index (χ1v) is 8.59. The minimum Gasteiger partial charge on any atom is -0.497 e. The molecular weight excluding hydrogens is 311 g/mol. The van der Waals surface area contributed by atoms with Crippen LogP contribution in [0.5, 0.6) is 5.75 Å². The summed E-state index contributed by atoms with van der Waals surface area (Å²) in [5, 5.41) is 14.0. The van der Waals surface area contributed by atoms with Gasteiger partial charge in [-0.25, -0.2) is 4.39 Å². The average molecular weight is 336 g/mol. The monoisotopic (exact) mass is 336 g/mol. The van der Waals surface area contributed by atoms with Crippen LogP contribution in [-0.2, 0) is 11.3 Å². The van der Waals surface area contributed by atoms with E-state index in [1.807, 2.05) is 0 Å². The number of aliphatic hydroxyl groups is 1. The van der Waals surface area contributed by atoms with Crippen LogP contribution in [0.15, 0.2) is 18.2 Å². The van der Waals surface area contributed by atoms with Crippen LogP contribution in [0.3, 0.4) is 0 Å². The number of carbonyl (C=O) groups excluding carboxylic acids is 1. The molecule has 0 aromatic heterocycles. The SMILES string of the molecule is COc1ccc(F)c(CN2CCCC(O)(CNC3CCC3)C2=O)c1. The summed E-state index contributed by atoms with van der Waals surface area (Å²) in [6, 6.07) is 4.90. The van der Waals surface area contributed by atoms with E-state index in [1.165, 1.54) is 19.6 Å². The number of carbonyl (C=O) groups is 1. The average Bonchev–Trinajstić information content (AvgIpc) is 2.52. The molecule has 5 nitrogen and oxygen atoms in total. The second-order valence-corrected chi connectivity index (χ2v) is 6.83. The minimum absolute atomic E-state index is 0.146. The smallest absolute Gasteiger partial charge is 0.256 e. The van der Waals surface area contributed by atoms with Gasteiger partial charge in [0.1, 0.15) is 11.6 Å². The van der Waals surface area contributed by atoms with Gasteiger partial charge in [-0.3, -0.25) is 4.79 Å². The topological polar surface area (TPSA) is 61.8 Å². The van der Waals surface area contributed by atoms with Crippen LogP contribution in [-0.4, -0.2) is 47.8 Å². The van der Waals surface area contributed by atoms with Crippen molar-refractivity contribution in [3.63, 3.8) is 0 Å². The molecule has 1 aliphatic heterocycles. The fraction of sp³-hybridized carbons (Fsp3) is 0.611. The van der Waals surface area contributed by atoms with Gasteiger partial charge in [0.05, 0.1) is 7.11 Å². The highest BCUT2D eigenvalue weighted by Crippen LogP contribution is 2.27. The third-order valence-electron chi connectivity index (χ3n) is 5.11. The van der Waals surface area contributed by atoms with Crippen LogP contribution in [0, 0.1) is 5.82 Å². The number of rotatable bonds is 6. The number of piperidine rings is 1. The predicted octanol–water partition coefficient (Wildman–Crippen LogP) is 1.83. The zero-order valence-corrected chi connectivity index (χ0v) is 14.1. The Morgan fingerprint density at radius 2 is 2.21 bits per heavy atom. The van der Waals surface area contributed by atoms with Gasteiger partial charge >= 0.3 is 0 Å². The third kappa shape index (κ3) is 3.54. The van der Waals surface area contributed by atoms with Gasteiger partial charge in [-0.1, -0.05) is 6.42 Å². The van der Waals surface area contributed by atoms with Crippen LogP contribution < -0.4 is 10.1 Å². The van der Waals surface area contributed by atoms with E-state index in [1.54, 1.807) is 17.0 Å². The molecule has 1 atom stereocenters. The standard InChI is InChI=1S/C18H25FN2O3/c1-24-15-6-7-16(19)13(10-15)11-21-9-3-8-18(23,17(21)22)12-20-14-4-2-5-14/h6-7,10,14,20,23H,2-5,8-9,11-12H2,1H3. The largest absolute Gasteiger partial charge is 0.497 e. The number of methoxy groups -OCH3 is 1. The van der Waals surface area contributed by atoms with Crippen LogP contribution in [0.25, 0.3) is 0 Å². The van der Waals surface area contributed by atoms with Crippen LogP contribution in [0.1, 0.15) is 37.7 Å². The van der Waals surface area contributed by atoms with Crippen molar-refractivity contribution in [2.45, 2.75) is 50.3 Å². The molecule has 2 fully saturated rings. The number of hydrogen-bond acceptors (Lipinski definition) is 4. The second-order valence-electron chi connectivity index (χ2n) is 6.83. The maximum absolute atomic E-state index is 14.0. The molecule has 1 heterocycles. The molecule has 1 aromatic carbocycles. The normalized spacial score (nSPS) is 24.8. The molecule has 6 heteroatoms. The number of likely N-dealkylation sites (tertiary alicyclic amines) is 1. The minimum atomic E-state index is -1.39. The Morgan fingerprint density at radius 1 is 1.42 bits per heavy atom. The van der Waals surface area contributed by atoms with E-state index in [9.17, 15) is 14.3 Å². The van der Waals surface area contributed by atoms with Crippen LogP contribution in [0.2, 0.25) is 0 Å². The molecule has 0 spiro atoms. The van der Waals surface area contributed by atoms with Crippen molar-refractivity contribution in [2.24, 2.45) is 0 Å². The van der Waals surface area contributed by atoms with Crippen molar-refractivity contribution in [3.8, 4) is 5.75 Å². The summed E-state index contributed by atoms with van der Waals surface area (Å²) in [4.78, 5) is 14.3. The number of hydrogen-bond donors (Lipinski definition) is 2. The molecule has 3 rings (SSSR count). The molecular formula is C18H25FN2O3. The van der Waals surface area contributed by atoms with Gasteiger partial charge in [-0.05, 0) is 43.9 Å². The van der Waals surface area contributed by atoms with E-state index in [0.717, 1.165) is 12.8 Å². The number of amides is 1. The maximum Gasteiger partial charge on any atom is 0.256 e. The first-order chi connectivity index (χ1) is 11.5. The van der Waals surface area contributed by atoms with Crippen molar-refractivity contribution in [3.05, 3.63) is 29.6 Å². The van der Waals surface area contributed by atoms with E-state index < -0.39 is 5.60 Å². The quantitative estimate of drug-likeness (QED) is 0.832. The van der Waals surface area contributed by atoms with Crippen molar-refractivity contribution < 1.29 is 19.0 Å². The highest BCUT2D eigenvalue weighted by Gasteiger charge is 2.42. The van der Waals surface area contributed by atoms with Crippen molar-refractivity contribution in [1.29, 1.82) is 0 Å². The molecule has 1 aliphatic carbocycles. The Kier molecular flexibility index (Phi) is 5.06. The first-order valence-electron chi connectivity index (χ1n) is 8.59. The molecule has 24 heavy (non-hydrogen) atoms. The molecule has 1 saturated carbocycles. The lowest BCUT2D eigenvalue weighted by molar-refractivity contribution is -0.157. The Bertz CT molecular complexity index is 606. The number of ether oxygens (including phenoxy) is 1. The summed E-state index contributed by atoms with van der Waals surface area (Å²) in [5.41, 5.74) is -0.984. The predicted molar refractivity (Wildman–Crippen MR) is 88.2 cm³/mol. The Balaban J connectivity index is 1.68. The van der Waals surface area contributed by atoms with Gasteiger partial charge in [0.25, 0.3) is 5.91 Å². The lowest BCUT2D eigenvalue weighted by atomic mass is 9.88. The number of benzene rings is 1. The molecule has 1 amide bonds. The Labute approximate surface area is 141 Å². The Morgan fingerprint density at radius 3 is 2.88 bits per heavy atom. The molecule has 1 saturated heterocycles. The van der Waals surface area contributed by atoms with E-state index in [2.05, 4.69) is 5.32 Å². The summed E-state index contributed by atoms with van der Waals surface area (Å²) >= 11 is 0. The van der Waals surface area contributed by atoms with Gasteiger partial charge in [0.15, 0.2) is 5.60 Å². The Hall–Kier alpha value is -1.66. The highest BCUT2D eigenvalue weighted by atomic mass is 19.1. The maximum atomic E-state index is 14.0. The zero-order valence-electron chi connectivity index (χ0n) is 14.1. The summed E-state index contributed by atoms with van der Waals surface area (Å²) in [6.07, 6.45) is 4.56. The van der Waals surface area contributed by atoms with Crippen molar-refractivity contribution in [2.75, 3.05) is 20.2 Å². The molecule has 1 unspecified atom stereocenters. The fourth-order valence-electron chi connectivity index (χ4n) is 3.31. The van der Waals surface area contributed by atoms with Gasteiger partial charge in [-0.15, -0.1) is 0 Å². The number of halogens is 1. The van der Waals surface area contributed by atoms with Crippen LogP contribution >= 0.6 is 0 Å². The number of nitrogens with one attached hydrogen (secondary N) is 1. The summed E-state index contributed by atoms with van der Waals surface area (Å²) in [7, 11) is 1.52. The third-order valence-corrected chi connectivity index (χ3v) is 5.11. The molecule has 0 radical (unpaired) electrons. The van der Waals surface area contributed by atoms with Gasteiger partial charge < -0.3 is 20.1 Å². The first kappa shape index (κ1) is 17.2. The highest BCUT2D eigenvalue weighted by molar-refractivity contribution is 5.86.